The minimum atomic E-state index is -1.27. The number of aliphatic hydroxyl groups is 2. The van der Waals surface area contributed by atoms with E-state index in [0.717, 1.165) is 6.07 Å². The molecule has 0 aromatic heterocycles. The summed E-state index contributed by atoms with van der Waals surface area (Å²) in [6, 6.07) is 1.16. The summed E-state index contributed by atoms with van der Waals surface area (Å²) in [5.74, 6) is -2.26. The van der Waals surface area contributed by atoms with Crippen LogP contribution < -0.4 is 0 Å². The number of rotatable bonds is 3. The van der Waals surface area contributed by atoms with Crippen LogP contribution in [0.15, 0.2) is 12.1 Å². The lowest BCUT2D eigenvalue weighted by molar-refractivity contribution is -0.387. The maximum Gasteiger partial charge on any atom is 0.305 e. The summed E-state index contributed by atoms with van der Waals surface area (Å²) in [6.07, 6.45) is -2.86. The molecule has 0 spiro atoms. The molecule has 0 unspecified atom stereocenters. The van der Waals surface area contributed by atoms with Crippen molar-refractivity contribution >= 4 is 5.69 Å². The Morgan fingerprint density at radius 2 is 2.11 bits per heavy atom. The molecule has 104 valence electrons. The maximum atomic E-state index is 13.6. The van der Waals surface area contributed by atoms with Gasteiger partial charge in [-0.25, -0.2) is 4.39 Å². The molecule has 1 aliphatic rings. The number of halogens is 2. The highest BCUT2D eigenvalue weighted by Gasteiger charge is 2.36. The van der Waals surface area contributed by atoms with Crippen LogP contribution in [0.2, 0.25) is 0 Å². The first kappa shape index (κ1) is 13.8. The lowest BCUT2D eigenvalue weighted by Crippen LogP contribution is -2.24. The molecule has 0 bridgehead atoms. The van der Waals surface area contributed by atoms with Crippen molar-refractivity contribution in [3.05, 3.63) is 39.4 Å². The van der Waals surface area contributed by atoms with E-state index in [-0.39, 0.29) is 12.0 Å². The average molecular weight is 275 g/mol. The summed E-state index contributed by atoms with van der Waals surface area (Å²) in [6.45, 7) is -0.456. The van der Waals surface area contributed by atoms with Crippen molar-refractivity contribution < 1.29 is 28.7 Å². The lowest BCUT2D eigenvalue weighted by Gasteiger charge is -2.13. The van der Waals surface area contributed by atoms with E-state index < -0.39 is 47.2 Å². The molecule has 1 heterocycles. The number of nitro benzene ring substituents is 1. The normalized spacial score (nSPS) is 26.6. The topological polar surface area (TPSA) is 92.8 Å². The number of nitrogens with zero attached hydrogens (tertiary/aromatic N) is 1. The third-order valence-electron chi connectivity index (χ3n) is 3.01. The largest absolute Gasteiger partial charge is 0.394 e. The lowest BCUT2D eigenvalue weighted by atomic mass is 10.0. The highest BCUT2D eigenvalue weighted by atomic mass is 19.1. The fourth-order valence-electron chi connectivity index (χ4n) is 2.03. The summed E-state index contributed by atoms with van der Waals surface area (Å²) in [5, 5.41) is 29.0. The smallest absolute Gasteiger partial charge is 0.305 e. The van der Waals surface area contributed by atoms with Gasteiger partial charge in [-0.1, -0.05) is 0 Å². The third-order valence-corrected chi connectivity index (χ3v) is 3.01. The Hall–Kier alpha value is -1.64. The van der Waals surface area contributed by atoms with Gasteiger partial charge in [0.05, 0.1) is 23.7 Å². The Kier molecular flexibility index (Phi) is 3.74. The van der Waals surface area contributed by atoms with E-state index in [9.17, 15) is 24.0 Å². The molecule has 1 aromatic carbocycles. The number of hydrogen-bond donors (Lipinski definition) is 2. The first-order valence-electron chi connectivity index (χ1n) is 5.51. The third kappa shape index (κ3) is 2.55. The molecule has 3 atom stereocenters. The van der Waals surface area contributed by atoms with Crippen LogP contribution in [0, 0.1) is 21.7 Å². The predicted molar refractivity (Wildman–Crippen MR) is 58.3 cm³/mol. The van der Waals surface area contributed by atoms with Crippen molar-refractivity contribution in [2.45, 2.75) is 24.7 Å². The minimum Gasteiger partial charge on any atom is -0.394 e. The van der Waals surface area contributed by atoms with Gasteiger partial charge in [-0.15, -0.1) is 0 Å². The van der Waals surface area contributed by atoms with E-state index in [0.29, 0.717) is 6.07 Å². The summed E-state index contributed by atoms with van der Waals surface area (Å²) >= 11 is 0. The Labute approximate surface area is 106 Å². The van der Waals surface area contributed by atoms with Gasteiger partial charge in [0.1, 0.15) is 11.9 Å². The van der Waals surface area contributed by atoms with Crippen LogP contribution in [0.1, 0.15) is 18.1 Å². The highest BCUT2D eigenvalue weighted by molar-refractivity contribution is 5.38. The van der Waals surface area contributed by atoms with Crippen LogP contribution in [0.25, 0.3) is 0 Å². The average Bonchev–Trinajstić information content (AvgIpc) is 2.69. The zero-order chi connectivity index (χ0) is 14.2. The van der Waals surface area contributed by atoms with Crippen molar-refractivity contribution in [1.82, 2.24) is 0 Å². The maximum absolute atomic E-state index is 13.6. The number of ether oxygens (including phenoxy) is 1. The van der Waals surface area contributed by atoms with Crippen molar-refractivity contribution in [3.63, 3.8) is 0 Å². The number of benzene rings is 1. The molecule has 2 rings (SSSR count). The second-order valence-corrected chi connectivity index (χ2v) is 4.23. The fraction of sp³-hybridized carbons (Fsp3) is 0.455. The molecule has 0 amide bonds. The van der Waals surface area contributed by atoms with E-state index >= 15 is 0 Å². The summed E-state index contributed by atoms with van der Waals surface area (Å²) < 4.78 is 32.0. The van der Waals surface area contributed by atoms with Crippen LogP contribution in [-0.4, -0.2) is 34.0 Å². The second-order valence-electron chi connectivity index (χ2n) is 4.23. The van der Waals surface area contributed by atoms with Gasteiger partial charge in [0, 0.05) is 24.1 Å². The van der Waals surface area contributed by atoms with Crippen LogP contribution in [-0.2, 0) is 4.74 Å². The number of hydrogen-bond acceptors (Lipinski definition) is 5. The van der Waals surface area contributed by atoms with Crippen molar-refractivity contribution in [2.75, 3.05) is 6.61 Å². The SMILES string of the molecule is O=[N+]([O-])c1cc([C@H]2C[C@H](O)[C@@H](CO)O2)c(F)cc1F. The molecule has 8 heteroatoms. The van der Waals surface area contributed by atoms with Gasteiger partial charge in [0.15, 0.2) is 0 Å². The van der Waals surface area contributed by atoms with E-state index in [1.165, 1.54) is 0 Å². The Morgan fingerprint density at radius 3 is 2.63 bits per heavy atom. The Bertz CT molecular complexity index is 510. The molecule has 19 heavy (non-hydrogen) atoms. The minimum absolute atomic E-state index is 0.0229. The first-order chi connectivity index (χ1) is 8.93. The summed E-state index contributed by atoms with van der Waals surface area (Å²) in [4.78, 5) is 9.63. The zero-order valence-electron chi connectivity index (χ0n) is 9.62. The number of aliphatic hydroxyl groups excluding tert-OH is 2. The number of nitro groups is 1. The van der Waals surface area contributed by atoms with Crippen molar-refractivity contribution in [3.8, 4) is 0 Å². The van der Waals surface area contributed by atoms with E-state index in [1.54, 1.807) is 0 Å². The van der Waals surface area contributed by atoms with Crippen LogP contribution in [0.3, 0.4) is 0 Å². The molecule has 0 radical (unpaired) electrons. The molecule has 1 aliphatic heterocycles. The fourth-order valence-corrected chi connectivity index (χ4v) is 2.03. The molecule has 2 N–H and O–H groups in total. The molecule has 6 nitrogen and oxygen atoms in total. The Morgan fingerprint density at radius 1 is 1.42 bits per heavy atom. The van der Waals surface area contributed by atoms with Crippen molar-refractivity contribution in [2.24, 2.45) is 0 Å². The molecule has 0 aliphatic carbocycles. The zero-order valence-corrected chi connectivity index (χ0v) is 9.62. The Balaban J connectivity index is 2.35. The standard InChI is InChI=1S/C11H11F2NO5/c12-6-2-7(13)8(14(17)18)1-5(6)10-3-9(16)11(4-15)19-10/h1-2,9-11,15-16H,3-4H2/t9-,10+,11+/m0/s1. The molecular weight excluding hydrogens is 264 g/mol. The van der Waals surface area contributed by atoms with Gasteiger partial charge in [-0.2, -0.15) is 4.39 Å². The summed E-state index contributed by atoms with van der Waals surface area (Å²) in [7, 11) is 0. The van der Waals surface area contributed by atoms with E-state index in [4.69, 9.17) is 9.84 Å². The van der Waals surface area contributed by atoms with Gasteiger partial charge in [0.25, 0.3) is 0 Å². The molecular formula is C11H11F2NO5. The molecule has 1 saturated heterocycles. The molecule has 1 fully saturated rings. The predicted octanol–water partition coefficient (Wildman–Crippen LogP) is 1.06. The van der Waals surface area contributed by atoms with E-state index in [1.807, 2.05) is 0 Å². The van der Waals surface area contributed by atoms with E-state index in [2.05, 4.69) is 0 Å². The van der Waals surface area contributed by atoms with Gasteiger partial charge in [0.2, 0.25) is 5.82 Å². The van der Waals surface area contributed by atoms with Crippen molar-refractivity contribution in [1.29, 1.82) is 0 Å². The van der Waals surface area contributed by atoms with Gasteiger partial charge < -0.3 is 14.9 Å². The van der Waals surface area contributed by atoms with Gasteiger partial charge in [-0.3, -0.25) is 10.1 Å². The molecule has 0 saturated carbocycles. The first-order valence-corrected chi connectivity index (χ1v) is 5.51. The van der Waals surface area contributed by atoms with Gasteiger partial charge >= 0.3 is 5.69 Å². The highest BCUT2D eigenvalue weighted by Crippen LogP contribution is 2.36. The van der Waals surface area contributed by atoms with Crippen LogP contribution in [0.5, 0.6) is 0 Å². The second kappa shape index (κ2) is 5.16. The van der Waals surface area contributed by atoms with Crippen LogP contribution in [0.4, 0.5) is 14.5 Å². The summed E-state index contributed by atoms with van der Waals surface area (Å²) in [5.41, 5.74) is -1.06. The van der Waals surface area contributed by atoms with Gasteiger partial charge in [-0.05, 0) is 0 Å². The monoisotopic (exact) mass is 275 g/mol. The molecule has 1 aromatic rings. The quantitative estimate of drug-likeness (QED) is 0.635. The van der Waals surface area contributed by atoms with Crippen LogP contribution >= 0.6 is 0 Å².